The molecule has 1 fully saturated rings. The lowest BCUT2D eigenvalue weighted by molar-refractivity contribution is -0.117. The lowest BCUT2D eigenvalue weighted by Gasteiger charge is -2.19. The van der Waals surface area contributed by atoms with Crippen LogP contribution in [-0.2, 0) is 4.79 Å². The van der Waals surface area contributed by atoms with Crippen LogP contribution in [0.2, 0.25) is 0 Å². The molecule has 4 nitrogen and oxygen atoms in total. The predicted octanol–water partition coefficient (Wildman–Crippen LogP) is 1.41. The van der Waals surface area contributed by atoms with Crippen molar-refractivity contribution in [3.05, 3.63) is 24.3 Å². The van der Waals surface area contributed by atoms with Gasteiger partial charge in [0.1, 0.15) is 5.75 Å². The zero-order valence-electron chi connectivity index (χ0n) is 10.3. The summed E-state index contributed by atoms with van der Waals surface area (Å²) < 4.78 is 5.29. The molecule has 17 heavy (non-hydrogen) atoms. The maximum Gasteiger partial charge on any atom is 0.228 e. The summed E-state index contributed by atoms with van der Waals surface area (Å²) in [4.78, 5) is 13.8. The summed E-state index contributed by atoms with van der Waals surface area (Å²) in [6.45, 7) is 3.65. The molecule has 1 unspecified atom stereocenters. The van der Waals surface area contributed by atoms with Crippen LogP contribution in [0.5, 0.6) is 5.75 Å². The number of nitrogens with zero attached hydrogens (tertiary/aromatic N) is 1. The molecule has 92 valence electrons. The van der Waals surface area contributed by atoms with Crippen LogP contribution in [0, 0.1) is 0 Å². The number of amides is 1. The van der Waals surface area contributed by atoms with Crippen LogP contribution in [0.25, 0.3) is 0 Å². The van der Waals surface area contributed by atoms with E-state index in [9.17, 15) is 4.79 Å². The molecule has 1 atom stereocenters. The molecule has 1 aromatic carbocycles. The normalized spacial score (nSPS) is 19.8. The van der Waals surface area contributed by atoms with E-state index in [4.69, 9.17) is 4.74 Å². The number of benzene rings is 1. The zero-order valence-corrected chi connectivity index (χ0v) is 10.3. The van der Waals surface area contributed by atoms with E-state index in [2.05, 4.69) is 12.2 Å². The molecule has 1 saturated heterocycles. The van der Waals surface area contributed by atoms with Gasteiger partial charge in [0, 0.05) is 19.0 Å². The van der Waals surface area contributed by atoms with Crippen LogP contribution in [0.4, 0.5) is 5.69 Å². The summed E-state index contributed by atoms with van der Waals surface area (Å²) in [6.07, 6.45) is 0.561. The Morgan fingerprint density at radius 2 is 2.24 bits per heavy atom. The second-order valence-corrected chi connectivity index (χ2v) is 4.13. The molecular formula is C13H18N2O2. The Bertz CT molecular complexity index is 406. The fourth-order valence-electron chi connectivity index (χ4n) is 2.22. The van der Waals surface area contributed by atoms with Crippen LogP contribution in [0.15, 0.2) is 24.3 Å². The van der Waals surface area contributed by atoms with Crippen molar-refractivity contribution >= 4 is 11.6 Å². The Kier molecular flexibility index (Phi) is 3.64. The van der Waals surface area contributed by atoms with Gasteiger partial charge in [-0.05, 0) is 18.7 Å². The molecule has 0 aliphatic carbocycles. The number of rotatable bonds is 4. The molecule has 1 heterocycles. The number of likely N-dealkylation sites (N-methyl/N-ethyl adjacent to an activating group) is 1. The molecular weight excluding hydrogens is 216 g/mol. The SMILES string of the molecule is CCNC1CC(=O)N(c2ccccc2OC)C1. The summed E-state index contributed by atoms with van der Waals surface area (Å²) in [7, 11) is 1.63. The minimum atomic E-state index is 0.153. The first kappa shape index (κ1) is 11.9. The van der Waals surface area contributed by atoms with E-state index in [0.717, 1.165) is 18.0 Å². The molecule has 0 bridgehead atoms. The van der Waals surface area contributed by atoms with Gasteiger partial charge >= 0.3 is 0 Å². The van der Waals surface area contributed by atoms with Gasteiger partial charge in [0.05, 0.1) is 12.8 Å². The molecule has 1 aromatic rings. The maximum atomic E-state index is 12.0. The van der Waals surface area contributed by atoms with E-state index >= 15 is 0 Å². The summed E-state index contributed by atoms with van der Waals surface area (Å²) in [5, 5.41) is 3.31. The van der Waals surface area contributed by atoms with Gasteiger partial charge in [-0.25, -0.2) is 0 Å². The standard InChI is InChI=1S/C13H18N2O2/c1-3-14-10-8-13(16)15(9-10)11-6-4-5-7-12(11)17-2/h4-7,10,14H,3,8-9H2,1-2H3. The Labute approximate surface area is 102 Å². The number of para-hydroxylation sites is 2. The summed E-state index contributed by atoms with van der Waals surface area (Å²) >= 11 is 0. The average molecular weight is 234 g/mol. The van der Waals surface area contributed by atoms with E-state index in [1.54, 1.807) is 12.0 Å². The minimum absolute atomic E-state index is 0.153. The average Bonchev–Trinajstić information content (AvgIpc) is 2.70. The smallest absolute Gasteiger partial charge is 0.228 e. The Morgan fingerprint density at radius 1 is 1.47 bits per heavy atom. The number of ether oxygens (including phenoxy) is 1. The molecule has 0 radical (unpaired) electrons. The highest BCUT2D eigenvalue weighted by Crippen LogP contribution is 2.30. The molecule has 1 aliphatic heterocycles. The van der Waals surface area contributed by atoms with Crippen LogP contribution in [0.3, 0.4) is 0 Å². The van der Waals surface area contributed by atoms with Gasteiger partial charge in [-0.3, -0.25) is 4.79 Å². The van der Waals surface area contributed by atoms with Crippen molar-refractivity contribution in [1.29, 1.82) is 0 Å². The van der Waals surface area contributed by atoms with Crippen molar-refractivity contribution in [3.63, 3.8) is 0 Å². The fraction of sp³-hybridized carbons (Fsp3) is 0.462. The molecule has 1 amide bonds. The lowest BCUT2D eigenvalue weighted by atomic mass is 10.2. The number of hydrogen-bond donors (Lipinski definition) is 1. The van der Waals surface area contributed by atoms with Gasteiger partial charge < -0.3 is 15.0 Å². The molecule has 4 heteroatoms. The van der Waals surface area contributed by atoms with Crippen molar-refractivity contribution in [2.75, 3.05) is 25.1 Å². The number of hydrogen-bond acceptors (Lipinski definition) is 3. The largest absolute Gasteiger partial charge is 0.495 e. The van der Waals surface area contributed by atoms with Gasteiger partial charge in [0.15, 0.2) is 0 Å². The highest BCUT2D eigenvalue weighted by atomic mass is 16.5. The highest BCUT2D eigenvalue weighted by Gasteiger charge is 2.31. The van der Waals surface area contributed by atoms with Crippen LogP contribution < -0.4 is 15.0 Å². The quantitative estimate of drug-likeness (QED) is 0.856. The molecule has 1 N–H and O–H groups in total. The van der Waals surface area contributed by atoms with Gasteiger partial charge in [-0.1, -0.05) is 19.1 Å². The third-order valence-electron chi connectivity index (χ3n) is 2.99. The predicted molar refractivity (Wildman–Crippen MR) is 67.4 cm³/mol. The minimum Gasteiger partial charge on any atom is -0.495 e. The van der Waals surface area contributed by atoms with Crippen molar-refractivity contribution in [1.82, 2.24) is 5.32 Å². The maximum absolute atomic E-state index is 12.0. The van der Waals surface area contributed by atoms with Gasteiger partial charge in [-0.2, -0.15) is 0 Å². The second kappa shape index (κ2) is 5.19. The summed E-state index contributed by atoms with van der Waals surface area (Å²) in [5.74, 6) is 0.901. The summed E-state index contributed by atoms with van der Waals surface area (Å²) in [5.41, 5.74) is 0.861. The van der Waals surface area contributed by atoms with Gasteiger partial charge in [-0.15, -0.1) is 0 Å². The Hall–Kier alpha value is -1.55. The number of anilines is 1. The summed E-state index contributed by atoms with van der Waals surface area (Å²) in [6, 6.07) is 7.88. The van der Waals surface area contributed by atoms with E-state index in [0.29, 0.717) is 13.0 Å². The third-order valence-corrected chi connectivity index (χ3v) is 2.99. The highest BCUT2D eigenvalue weighted by molar-refractivity contribution is 5.97. The monoisotopic (exact) mass is 234 g/mol. The van der Waals surface area contributed by atoms with E-state index in [-0.39, 0.29) is 11.9 Å². The number of carbonyl (C=O) groups is 1. The van der Waals surface area contributed by atoms with E-state index in [1.807, 2.05) is 24.3 Å². The molecule has 2 rings (SSSR count). The lowest BCUT2D eigenvalue weighted by Crippen LogP contribution is -2.32. The Morgan fingerprint density at radius 3 is 2.94 bits per heavy atom. The van der Waals surface area contributed by atoms with Gasteiger partial charge in [0.25, 0.3) is 0 Å². The second-order valence-electron chi connectivity index (χ2n) is 4.13. The topological polar surface area (TPSA) is 41.6 Å². The molecule has 1 aliphatic rings. The third kappa shape index (κ3) is 2.42. The van der Waals surface area contributed by atoms with E-state index in [1.165, 1.54) is 0 Å². The van der Waals surface area contributed by atoms with Crippen LogP contribution in [0.1, 0.15) is 13.3 Å². The number of carbonyl (C=O) groups excluding carboxylic acids is 1. The molecule has 0 spiro atoms. The van der Waals surface area contributed by atoms with Crippen molar-refractivity contribution in [2.24, 2.45) is 0 Å². The van der Waals surface area contributed by atoms with Crippen LogP contribution in [-0.4, -0.2) is 32.1 Å². The molecule has 0 aromatic heterocycles. The fourth-order valence-corrected chi connectivity index (χ4v) is 2.22. The van der Waals surface area contributed by atoms with E-state index < -0.39 is 0 Å². The first-order chi connectivity index (χ1) is 8.26. The Balaban J connectivity index is 2.20. The van der Waals surface area contributed by atoms with Crippen LogP contribution >= 0.6 is 0 Å². The van der Waals surface area contributed by atoms with Crippen molar-refractivity contribution in [2.45, 2.75) is 19.4 Å². The first-order valence-electron chi connectivity index (χ1n) is 5.93. The molecule has 0 saturated carbocycles. The number of methoxy groups -OCH3 is 1. The number of nitrogens with one attached hydrogen (secondary N) is 1. The van der Waals surface area contributed by atoms with Crippen molar-refractivity contribution in [3.8, 4) is 5.75 Å². The van der Waals surface area contributed by atoms with Gasteiger partial charge in [0.2, 0.25) is 5.91 Å². The first-order valence-corrected chi connectivity index (χ1v) is 5.93. The zero-order chi connectivity index (χ0) is 12.3. The van der Waals surface area contributed by atoms with Crippen molar-refractivity contribution < 1.29 is 9.53 Å².